The predicted octanol–water partition coefficient (Wildman–Crippen LogP) is 4.92. The summed E-state index contributed by atoms with van der Waals surface area (Å²) in [6.45, 7) is 3.81. The van der Waals surface area contributed by atoms with Crippen molar-refractivity contribution < 1.29 is 9.32 Å². The van der Waals surface area contributed by atoms with E-state index in [9.17, 15) is 4.79 Å². The van der Waals surface area contributed by atoms with Crippen LogP contribution < -0.4 is 5.32 Å². The molecular formula is C21H18ClN5O2S. The van der Waals surface area contributed by atoms with Gasteiger partial charge in [0.25, 0.3) is 0 Å². The van der Waals surface area contributed by atoms with Crippen molar-refractivity contribution in [2.24, 2.45) is 0 Å². The number of hydrogen-bond donors (Lipinski definition) is 1. The van der Waals surface area contributed by atoms with Crippen LogP contribution in [-0.2, 0) is 4.79 Å². The fourth-order valence-electron chi connectivity index (χ4n) is 2.88. The van der Waals surface area contributed by atoms with Crippen LogP contribution in [0, 0.1) is 13.8 Å². The highest BCUT2D eigenvalue weighted by molar-refractivity contribution is 7.99. The maximum Gasteiger partial charge on any atom is 0.237 e. The van der Waals surface area contributed by atoms with Gasteiger partial charge in [0.1, 0.15) is 0 Å². The van der Waals surface area contributed by atoms with Crippen LogP contribution >= 0.6 is 23.4 Å². The number of aromatic nitrogens is 4. The zero-order valence-corrected chi connectivity index (χ0v) is 17.9. The average Bonchev–Trinajstić information content (AvgIpc) is 3.33. The Labute approximate surface area is 182 Å². The normalized spacial score (nSPS) is 10.9. The fraction of sp³-hybridized carbons (Fsp3) is 0.143. The summed E-state index contributed by atoms with van der Waals surface area (Å²) in [6.07, 6.45) is 0. The first-order valence-electron chi connectivity index (χ1n) is 9.14. The lowest BCUT2D eigenvalue weighted by Crippen LogP contribution is -2.14. The molecule has 0 unspecified atom stereocenters. The predicted molar refractivity (Wildman–Crippen MR) is 117 cm³/mol. The summed E-state index contributed by atoms with van der Waals surface area (Å²) in [4.78, 5) is 12.3. The number of amides is 1. The highest BCUT2D eigenvalue weighted by Crippen LogP contribution is 2.29. The van der Waals surface area contributed by atoms with Crippen molar-refractivity contribution in [3.05, 3.63) is 70.9 Å². The maximum absolute atomic E-state index is 12.3. The third-order valence-corrected chi connectivity index (χ3v) is 5.40. The van der Waals surface area contributed by atoms with E-state index in [1.165, 1.54) is 11.8 Å². The van der Waals surface area contributed by atoms with Gasteiger partial charge in [0.2, 0.25) is 11.8 Å². The highest BCUT2D eigenvalue weighted by atomic mass is 35.5. The topological polar surface area (TPSA) is 85.8 Å². The first-order valence-corrected chi connectivity index (χ1v) is 10.5. The van der Waals surface area contributed by atoms with E-state index in [-0.39, 0.29) is 11.7 Å². The van der Waals surface area contributed by atoms with Gasteiger partial charge in [-0.05, 0) is 44.2 Å². The summed E-state index contributed by atoms with van der Waals surface area (Å²) < 4.78 is 6.95. The van der Waals surface area contributed by atoms with Crippen LogP contribution in [0.4, 0.5) is 5.88 Å². The Kier molecular flexibility index (Phi) is 5.87. The molecule has 0 aliphatic heterocycles. The van der Waals surface area contributed by atoms with E-state index in [4.69, 9.17) is 16.1 Å². The first kappa shape index (κ1) is 20.2. The third-order valence-electron chi connectivity index (χ3n) is 4.22. The molecule has 2 aromatic heterocycles. The molecule has 30 heavy (non-hydrogen) atoms. The molecular weight excluding hydrogens is 422 g/mol. The van der Waals surface area contributed by atoms with Crippen molar-refractivity contribution in [1.82, 2.24) is 19.9 Å². The van der Waals surface area contributed by atoms with Crippen LogP contribution in [0.15, 0.2) is 64.3 Å². The van der Waals surface area contributed by atoms with Crippen molar-refractivity contribution in [2.45, 2.75) is 19.0 Å². The van der Waals surface area contributed by atoms with E-state index in [2.05, 4.69) is 20.7 Å². The Hall–Kier alpha value is -3.10. The second-order valence-electron chi connectivity index (χ2n) is 6.66. The van der Waals surface area contributed by atoms with Gasteiger partial charge < -0.3 is 4.52 Å². The monoisotopic (exact) mass is 439 g/mol. The van der Waals surface area contributed by atoms with E-state index in [1.807, 2.05) is 60.0 Å². The van der Waals surface area contributed by atoms with Crippen molar-refractivity contribution >= 4 is 35.2 Å². The van der Waals surface area contributed by atoms with Gasteiger partial charge in [0, 0.05) is 22.3 Å². The largest absolute Gasteiger partial charge is 0.338 e. The van der Waals surface area contributed by atoms with Gasteiger partial charge in [0.15, 0.2) is 11.0 Å². The second kappa shape index (κ2) is 8.73. The average molecular weight is 440 g/mol. The number of aryl methyl sites for hydroxylation is 2. The van der Waals surface area contributed by atoms with E-state index < -0.39 is 0 Å². The molecule has 2 aromatic carbocycles. The van der Waals surface area contributed by atoms with Gasteiger partial charge in [-0.25, -0.2) is 0 Å². The molecule has 0 radical (unpaired) electrons. The first-order chi connectivity index (χ1) is 14.5. The minimum absolute atomic E-state index is 0.138. The summed E-state index contributed by atoms with van der Waals surface area (Å²) in [5.74, 6) is 0.922. The lowest BCUT2D eigenvalue weighted by Gasteiger charge is -2.11. The van der Waals surface area contributed by atoms with Gasteiger partial charge in [-0.2, -0.15) is 0 Å². The van der Waals surface area contributed by atoms with Crippen LogP contribution in [0.1, 0.15) is 11.3 Å². The number of halogens is 1. The van der Waals surface area contributed by atoms with Crippen LogP contribution in [0.2, 0.25) is 5.02 Å². The summed E-state index contributed by atoms with van der Waals surface area (Å²) in [5, 5.41) is 16.4. The second-order valence-corrected chi connectivity index (χ2v) is 8.04. The number of thioether (sulfide) groups is 1. The SMILES string of the molecule is Cc1cccc(-c2nnc(SCC(=O)Nc3cc(C)no3)n2-c2ccc(Cl)cc2)c1. The molecule has 0 bridgehead atoms. The molecule has 9 heteroatoms. The van der Waals surface area contributed by atoms with Gasteiger partial charge in [-0.15, -0.1) is 10.2 Å². The van der Waals surface area contributed by atoms with Crippen LogP contribution in [0.25, 0.3) is 17.1 Å². The number of benzene rings is 2. The van der Waals surface area contributed by atoms with E-state index >= 15 is 0 Å². The molecule has 4 rings (SSSR count). The summed E-state index contributed by atoms with van der Waals surface area (Å²) in [7, 11) is 0. The standard InChI is InChI=1S/C21H18ClN5O2S/c1-13-4-3-5-15(10-13)20-24-25-21(27(20)17-8-6-16(22)7-9-17)30-12-18(28)23-19-11-14(2)26-29-19/h3-11H,12H2,1-2H3,(H,23,28). The molecule has 0 fully saturated rings. The van der Waals surface area contributed by atoms with Gasteiger partial charge >= 0.3 is 0 Å². The highest BCUT2D eigenvalue weighted by Gasteiger charge is 2.18. The molecule has 0 atom stereocenters. The zero-order chi connectivity index (χ0) is 21.1. The molecule has 4 aromatic rings. The molecule has 1 N–H and O–H groups in total. The van der Waals surface area contributed by atoms with E-state index in [1.54, 1.807) is 13.0 Å². The summed E-state index contributed by atoms with van der Waals surface area (Å²) in [6, 6.07) is 17.1. The molecule has 0 saturated heterocycles. The van der Waals surface area contributed by atoms with Crippen molar-refractivity contribution in [3.63, 3.8) is 0 Å². The van der Waals surface area contributed by atoms with Gasteiger partial charge in [0.05, 0.1) is 11.4 Å². The third kappa shape index (κ3) is 4.55. The number of carbonyl (C=O) groups excluding carboxylic acids is 1. The summed E-state index contributed by atoms with van der Waals surface area (Å²) in [5.41, 5.74) is 3.61. The molecule has 0 aliphatic rings. The quantitative estimate of drug-likeness (QED) is 0.429. The number of rotatable bonds is 6. The molecule has 0 spiro atoms. The number of nitrogens with zero attached hydrogens (tertiary/aromatic N) is 4. The van der Waals surface area contributed by atoms with Crippen molar-refractivity contribution in [3.8, 4) is 17.1 Å². The molecule has 7 nitrogen and oxygen atoms in total. The number of carbonyl (C=O) groups is 1. The Bertz CT molecular complexity index is 1190. The minimum atomic E-state index is -0.223. The van der Waals surface area contributed by atoms with E-state index in [0.29, 0.717) is 27.6 Å². The van der Waals surface area contributed by atoms with E-state index in [0.717, 1.165) is 16.8 Å². The lowest BCUT2D eigenvalue weighted by atomic mass is 10.1. The maximum atomic E-state index is 12.3. The fourth-order valence-corrected chi connectivity index (χ4v) is 3.76. The number of anilines is 1. The molecule has 0 saturated carbocycles. The van der Waals surface area contributed by atoms with Gasteiger partial charge in [-0.3, -0.25) is 14.7 Å². The van der Waals surface area contributed by atoms with Gasteiger partial charge in [-0.1, -0.05) is 52.3 Å². The Morgan fingerprint density at radius 2 is 1.93 bits per heavy atom. The van der Waals surface area contributed by atoms with Crippen LogP contribution in [0.5, 0.6) is 0 Å². The molecule has 2 heterocycles. The van der Waals surface area contributed by atoms with Crippen LogP contribution in [0.3, 0.4) is 0 Å². The Balaban J connectivity index is 1.62. The molecule has 0 aliphatic carbocycles. The Morgan fingerprint density at radius 3 is 2.63 bits per heavy atom. The number of nitrogens with one attached hydrogen (secondary N) is 1. The zero-order valence-electron chi connectivity index (χ0n) is 16.3. The Morgan fingerprint density at radius 1 is 1.13 bits per heavy atom. The van der Waals surface area contributed by atoms with Crippen molar-refractivity contribution in [1.29, 1.82) is 0 Å². The lowest BCUT2D eigenvalue weighted by molar-refractivity contribution is -0.113. The minimum Gasteiger partial charge on any atom is -0.338 e. The summed E-state index contributed by atoms with van der Waals surface area (Å²) >= 11 is 7.34. The molecule has 152 valence electrons. The van der Waals surface area contributed by atoms with Crippen LogP contribution in [-0.4, -0.2) is 31.6 Å². The van der Waals surface area contributed by atoms with Crippen molar-refractivity contribution in [2.75, 3.05) is 11.1 Å². The number of hydrogen-bond acceptors (Lipinski definition) is 6. The smallest absolute Gasteiger partial charge is 0.237 e. The molecule has 1 amide bonds.